The van der Waals surface area contributed by atoms with Gasteiger partial charge in [0.2, 0.25) is 5.95 Å². The molecule has 0 N–H and O–H groups in total. The standard InChI is InChI=1S/C25H30N4O/c1-17(2)27-15-28(23-12-11-18(3)13-19(23)4)25-26-20(5)22(24(30)29(25)16-27)14-21-9-7-6-8-10-21/h6-13,17H,14-16H2,1-5H3. The first-order valence-electron chi connectivity index (χ1n) is 10.6. The Labute approximate surface area is 178 Å². The zero-order chi connectivity index (χ0) is 21.4. The Morgan fingerprint density at radius 3 is 2.40 bits per heavy atom. The van der Waals surface area contributed by atoms with E-state index in [0.717, 1.165) is 28.5 Å². The molecule has 5 heteroatoms. The number of benzene rings is 2. The molecule has 2 heterocycles. The summed E-state index contributed by atoms with van der Waals surface area (Å²) in [4.78, 5) is 23.0. The second-order valence-corrected chi connectivity index (χ2v) is 8.55. The van der Waals surface area contributed by atoms with Crippen LogP contribution in [-0.2, 0) is 13.1 Å². The van der Waals surface area contributed by atoms with Crippen molar-refractivity contribution < 1.29 is 0 Å². The van der Waals surface area contributed by atoms with Crippen molar-refractivity contribution >= 4 is 11.6 Å². The SMILES string of the molecule is Cc1ccc(N2CN(C(C)C)Cn3c2nc(C)c(Cc2ccccc2)c3=O)c(C)c1. The average Bonchev–Trinajstić information content (AvgIpc) is 2.71. The summed E-state index contributed by atoms with van der Waals surface area (Å²) in [5.74, 6) is 0.734. The van der Waals surface area contributed by atoms with Gasteiger partial charge in [-0.3, -0.25) is 19.2 Å². The van der Waals surface area contributed by atoms with Crippen LogP contribution in [0.3, 0.4) is 0 Å². The van der Waals surface area contributed by atoms with E-state index in [-0.39, 0.29) is 5.56 Å². The van der Waals surface area contributed by atoms with Crippen LogP contribution in [0.15, 0.2) is 53.3 Å². The Kier molecular flexibility index (Phi) is 5.48. The molecule has 30 heavy (non-hydrogen) atoms. The summed E-state index contributed by atoms with van der Waals surface area (Å²) in [7, 11) is 0. The van der Waals surface area contributed by atoms with Gasteiger partial charge in [-0.25, -0.2) is 4.98 Å². The molecule has 0 bridgehead atoms. The van der Waals surface area contributed by atoms with Gasteiger partial charge in [0.1, 0.15) is 0 Å². The number of aromatic nitrogens is 2. The normalized spacial score (nSPS) is 14.3. The van der Waals surface area contributed by atoms with Gasteiger partial charge in [-0.1, -0.05) is 48.0 Å². The lowest BCUT2D eigenvalue weighted by Gasteiger charge is -2.40. The van der Waals surface area contributed by atoms with Crippen molar-refractivity contribution in [3.05, 3.63) is 86.8 Å². The molecule has 1 aromatic heterocycles. The van der Waals surface area contributed by atoms with Gasteiger partial charge >= 0.3 is 0 Å². The zero-order valence-electron chi connectivity index (χ0n) is 18.5. The number of hydrogen-bond acceptors (Lipinski definition) is 4. The predicted octanol–water partition coefficient (Wildman–Crippen LogP) is 4.54. The lowest BCUT2D eigenvalue weighted by molar-refractivity contribution is 0.156. The number of aryl methyl sites for hydroxylation is 3. The predicted molar refractivity (Wildman–Crippen MR) is 122 cm³/mol. The van der Waals surface area contributed by atoms with Crippen LogP contribution in [0.5, 0.6) is 0 Å². The molecule has 3 aromatic rings. The monoisotopic (exact) mass is 402 g/mol. The molecule has 1 aliphatic heterocycles. The molecular weight excluding hydrogens is 372 g/mol. The van der Waals surface area contributed by atoms with E-state index in [0.29, 0.717) is 25.8 Å². The summed E-state index contributed by atoms with van der Waals surface area (Å²) in [6.07, 6.45) is 0.601. The molecule has 0 atom stereocenters. The van der Waals surface area contributed by atoms with Crippen molar-refractivity contribution in [1.29, 1.82) is 0 Å². The highest BCUT2D eigenvalue weighted by atomic mass is 16.1. The topological polar surface area (TPSA) is 41.4 Å². The van der Waals surface area contributed by atoms with Gasteiger partial charge < -0.3 is 0 Å². The van der Waals surface area contributed by atoms with Gasteiger partial charge in [-0.2, -0.15) is 0 Å². The first kappa shape index (κ1) is 20.4. The van der Waals surface area contributed by atoms with Gasteiger partial charge in [-0.05, 0) is 51.8 Å². The van der Waals surface area contributed by atoms with E-state index in [1.165, 1.54) is 11.1 Å². The highest BCUT2D eigenvalue weighted by Gasteiger charge is 2.29. The maximum Gasteiger partial charge on any atom is 0.259 e. The van der Waals surface area contributed by atoms with Crippen LogP contribution in [-0.4, -0.2) is 27.2 Å². The van der Waals surface area contributed by atoms with Crippen LogP contribution in [0, 0.1) is 20.8 Å². The summed E-state index contributed by atoms with van der Waals surface area (Å²) in [5, 5.41) is 0. The Balaban J connectivity index is 1.85. The van der Waals surface area contributed by atoms with E-state index < -0.39 is 0 Å². The quantitative estimate of drug-likeness (QED) is 0.643. The second-order valence-electron chi connectivity index (χ2n) is 8.55. The van der Waals surface area contributed by atoms with Gasteiger partial charge in [-0.15, -0.1) is 0 Å². The van der Waals surface area contributed by atoms with Gasteiger partial charge in [0.05, 0.1) is 19.0 Å². The Morgan fingerprint density at radius 2 is 1.73 bits per heavy atom. The summed E-state index contributed by atoms with van der Waals surface area (Å²) in [6.45, 7) is 11.8. The summed E-state index contributed by atoms with van der Waals surface area (Å²) >= 11 is 0. The summed E-state index contributed by atoms with van der Waals surface area (Å²) < 4.78 is 1.84. The maximum atomic E-state index is 13.6. The molecule has 0 saturated carbocycles. The minimum absolute atomic E-state index is 0.0569. The van der Waals surface area contributed by atoms with E-state index in [2.05, 4.69) is 67.8 Å². The van der Waals surface area contributed by atoms with Crippen molar-refractivity contribution in [2.24, 2.45) is 0 Å². The molecule has 4 rings (SSSR count). The highest BCUT2D eigenvalue weighted by molar-refractivity contribution is 5.63. The number of anilines is 2. The lowest BCUT2D eigenvalue weighted by atomic mass is 10.0. The number of fused-ring (bicyclic) bond motifs is 1. The third-order valence-corrected chi connectivity index (χ3v) is 5.93. The van der Waals surface area contributed by atoms with Crippen LogP contribution >= 0.6 is 0 Å². The molecular formula is C25H30N4O. The van der Waals surface area contributed by atoms with Crippen LogP contribution in [0.2, 0.25) is 0 Å². The molecule has 5 nitrogen and oxygen atoms in total. The molecule has 0 spiro atoms. The zero-order valence-corrected chi connectivity index (χ0v) is 18.5. The molecule has 0 saturated heterocycles. The van der Waals surface area contributed by atoms with Crippen molar-refractivity contribution in [3.63, 3.8) is 0 Å². The lowest BCUT2D eigenvalue weighted by Crippen LogP contribution is -2.50. The van der Waals surface area contributed by atoms with E-state index in [1.807, 2.05) is 29.7 Å². The fourth-order valence-electron chi connectivity index (χ4n) is 4.11. The Bertz CT molecular complexity index is 1120. The number of rotatable bonds is 4. The molecule has 156 valence electrons. The maximum absolute atomic E-state index is 13.6. The first-order valence-corrected chi connectivity index (χ1v) is 10.6. The Morgan fingerprint density at radius 1 is 1.00 bits per heavy atom. The number of hydrogen-bond donors (Lipinski definition) is 0. The third-order valence-electron chi connectivity index (χ3n) is 5.93. The van der Waals surface area contributed by atoms with E-state index in [1.54, 1.807) is 0 Å². The molecule has 1 aliphatic rings. The highest BCUT2D eigenvalue weighted by Crippen LogP contribution is 2.31. The minimum atomic E-state index is 0.0569. The smallest absolute Gasteiger partial charge is 0.259 e. The van der Waals surface area contributed by atoms with Gasteiger partial charge in [0, 0.05) is 23.7 Å². The second kappa shape index (κ2) is 8.07. The Hall–Kier alpha value is -2.92. The first-order chi connectivity index (χ1) is 14.3. The minimum Gasteiger partial charge on any atom is -0.298 e. The van der Waals surface area contributed by atoms with Crippen molar-refractivity contribution in [1.82, 2.24) is 14.5 Å². The van der Waals surface area contributed by atoms with E-state index >= 15 is 0 Å². The largest absolute Gasteiger partial charge is 0.298 e. The third kappa shape index (κ3) is 3.77. The summed E-state index contributed by atoms with van der Waals surface area (Å²) in [6, 6.07) is 16.9. The fraction of sp³-hybridized carbons (Fsp3) is 0.360. The van der Waals surface area contributed by atoms with Crippen molar-refractivity contribution in [2.45, 2.75) is 53.8 Å². The summed E-state index contributed by atoms with van der Waals surface area (Å²) in [5.41, 5.74) is 6.28. The molecule has 0 unspecified atom stereocenters. The van der Waals surface area contributed by atoms with Crippen molar-refractivity contribution in [2.75, 3.05) is 11.6 Å². The van der Waals surface area contributed by atoms with Crippen LogP contribution < -0.4 is 10.5 Å². The van der Waals surface area contributed by atoms with E-state index in [4.69, 9.17) is 4.98 Å². The van der Waals surface area contributed by atoms with Crippen molar-refractivity contribution in [3.8, 4) is 0 Å². The van der Waals surface area contributed by atoms with Crippen LogP contribution in [0.4, 0.5) is 11.6 Å². The molecule has 0 amide bonds. The average molecular weight is 403 g/mol. The fourth-order valence-corrected chi connectivity index (χ4v) is 4.11. The number of nitrogens with zero attached hydrogens (tertiary/aromatic N) is 4. The molecule has 0 fully saturated rings. The van der Waals surface area contributed by atoms with Gasteiger partial charge in [0.15, 0.2) is 0 Å². The van der Waals surface area contributed by atoms with Crippen LogP contribution in [0.25, 0.3) is 0 Å². The molecule has 2 aromatic carbocycles. The van der Waals surface area contributed by atoms with E-state index in [9.17, 15) is 4.79 Å². The molecule has 0 aliphatic carbocycles. The molecule has 0 radical (unpaired) electrons. The van der Waals surface area contributed by atoms with Gasteiger partial charge in [0.25, 0.3) is 5.56 Å². The van der Waals surface area contributed by atoms with Crippen LogP contribution in [0.1, 0.15) is 41.8 Å².